The molecule has 1 heterocycles. The summed E-state index contributed by atoms with van der Waals surface area (Å²) in [6.45, 7) is 1.48. The van der Waals surface area contributed by atoms with Crippen molar-refractivity contribution >= 4 is 28.9 Å². The van der Waals surface area contributed by atoms with Crippen LogP contribution in [-0.2, 0) is 0 Å². The van der Waals surface area contributed by atoms with E-state index in [1.807, 2.05) is 0 Å². The summed E-state index contributed by atoms with van der Waals surface area (Å²) in [5.41, 5.74) is 2.50. The third-order valence-electron chi connectivity index (χ3n) is 3.71. The van der Waals surface area contributed by atoms with Crippen molar-refractivity contribution in [2.75, 3.05) is 10.6 Å². The van der Waals surface area contributed by atoms with E-state index in [4.69, 9.17) is 5.26 Å². The fraction of sp³-hybridized carbons (Fsp3) is 0.0500. The first kappa shape index (κ1) is 17.8. The second kappa shape index (κ2) is 7.89. The molecule has 0 aliphatic heterocycles. The Labute approximate surface area is 155 Å². The van der Waals surface area contributed by atoms with Gasteiger partial charge in [-0.05, 0) is 49.4 Å². The van der Waals surface area contributed by atoms with Crippen molar-refractivity contribution in [1.29, 1.82) is 5.26 Å². The molecule has 27 heavy (non-hydrogen) atoms. The van der Waals surface area contributed by atoms with E-state index in [-0.39, 0.29) is 11.5 Å². The number of nitrogens with one attached hydrogen (secondary N) is 2. The normalized spacial score (nSPS) is 9.93. The topological polar surface area (TPSA) is 108 Å². The quantitative estimate of drug-likeness (QED) is 0.676. The number of hydrogen-bond acceptors (Lipinski definition) is 6. The van der Waals surface area contributed by atoms with E-state index in [0.29, 0.717) is 28.3 Å². The van der Waals surface area contributed by atoms with Gasteiger partial charge in [0, 0.05) is 23.0 Å². The van der Waals surface area contributed by atoms with Crippen molar-refractivity contribution in [3.63, 3.8) is 0 Å². The highest BCUT2D eigenvalue weighted by atomic mass is 16.2. The summed E-state index contributed by atoms with van der Waals surface area (Å²) in [7, 11) is 0. The van der Waals surface area contributed by atoms with E-state index in [9.17, 15) is 9.59 Å². The smallest absolute Gasteiger partial charge is 0.274 e. The first-order valence-corrected chi connectivity index (χ1v) is 8.07. The molecule has 1 aromatic heterocycles. The number of aromatic nitrogens is 2. The molecular formula is C20H15N5O2. The molecule has 0 aliphatic rings. The first-order valence-electron chi connectivity index (χ1n) is 8.07. The lowest BCUT2D eigenvalue weighted by Crippen LogP contribution is -2.14. The van der Waals surface area contributed by atoms with Crippen LogP contribution in [-0.4, -0.2) is 21.7 Å². The minimum absolute atomic E-state index is 0.0418. The van der Waals surface area contributed by atoms with Crippen molar-refractivity contribution in [3.8, 4) is 6.07 Å². The second-order valence-corrected chi connectivity index (χ2v) is 5.69. The predicted octanol–water partition coefficient (Wildman–Crippen LogP) is 3.55. The molecule has 7 nitrogen and oxygen atoms in total. The van der Waals surface area contributed by atoms with Crippen LogP contribution in [0, 0.1) is 11.3 Å². The lowest BCUT2D eigenvalue weighted by molar-refractivity contribution is 0.101. The molecule has 2 N–H and O–H groups in total. The number of Topliss-reactive ketones (excluding diaryl/α,β-unsaturated/α-hetero) is 1. The largest absolute Gasteiger partial charge is 0.340 e. The van der Waals surface area contributed by atoms with Crippen LogP contribution in [0.25, 0.3) is 0 Å². The van der Waals surface area contributed by atoms with Crippen molar-refractivity contribution in [1.82, 2.24) is 9.97 Å². The van der Waals surface area contributed by atoms with E-state index in [1.54, 1.807) is 48.5 Å². The number of nitrogens with zero attached hydrogens (tertiary/aromatic N) is 3. The van der Waals surface area contributed by atoms with Crippen LogP contribution in [0.2, 0.25) is 0 Å². The van der Waals surface area contributed by atoms with Gasteiger partial charge in [0.05, 0.1) is 11.6 Å². The van der Waals surface area contributed by atoms with Crippen molar-refractivity contribution < 1.29 is 9.59 Å². The summed E-state index contributed by atoms with van der Waals surface area (Å²) >= 11 is 0. The number of carbonyl (C=O) groups excluding carboxylic acids is 2. The Bertz CT molecular complexity index is 1040. The highest BCUT2D eigenvalue weighted by Gasteiger charge is 2.10. The Morgan fingerprint density at radius 1 is 1.00 bits per heavy atom. The van der Waals surface area contributed by atoms with E-state index in [0.717, 1.165) is 0 Å². The lowest BCUT2D eigenvalue weighted by Gasteiger charge is -2.08. The van der Waals surface area contributed by atoms with Gasteiger partial charge in [0.25, 0.3) is 5.91 Å². The molecule has 0 atom stereocenters. The fourth-order valence-electron chi connectivity index (χ4n) is 2.35. The molecule has 0 unspecified atom stereocenters. The molecule has 0 aliphatic carbocycles. The van der Waals surface area contributed by atoms with E-state index in [2.05, 4.69) is 26.7 Å². The molecule has 3 aromatic rings. The summed E-state index contributed by atoms with van der Waals surface area (Å²) in [5.74, 6) is -0.0150. The number of rotatable bonds is 5. The molecule has 0 saturated carbocycles. The summed E-state index contributed by atoms with van der Waals surface area (Å²) in [6.07, 6.45) is 1.28. The van der Waals surface area contributed by atoms with Gasteiger partial charge in [-0.25, -0.2) is 9.97 Å². The molecule has 0 bridgehead atoms. The number of nitriles is 1. The molecular weight excluding hydrogens is 342 g/mol. The summed E-state index contributed by atoms with van der Waals surface area (Å²) in [4.78, 5) is 31.8. The number of ketones is 1. The van der Waals surface area contributed by atoms with Gasteiger partial charge in [0.1, 0.15) is 17.8 Å². The maximum atomic E-state index is 12.4. The molecule has 3 rings (SSSR count). The minimum atomic E-state index is -0.401. The van der Waals surface area contributed by atoms with Crippen molar-refractivity contribution in [2.45, 2.75) is 6.92 Å². The van der Waals surface area contributed by atoms with Gasteiger partial charge in [0.2, 0.25) is 0 Å². The van der Waals surface area contributed by atoms with Crippen molar-refractivity contribution in [2.24, 2.45) is 0 Å². The molecule has 132 valence electrons. The van der Waals surface area contributed by atoms with Crippen molar-refractivity contribution in [3.05, 3.63) is 77.7 Å². The summed E-state index contributed by atoms with van der Waals surface area (Å²) in [6, 6.07) is 17.1. The third kappa shape index (κ3) is 4.52. The van der Waals surface area contributed by atoms with Gasteiger partial charge in [-0.1, -0.05) is 6.07 Å². The van der Waals surface area contributed by atoms with Crippen LogP contribution < -0.4 is 10.6 Å². The fourth-order valence-corrected chi connectivity index (χ4v) is 2.35. The van der Waals surface area contributed by atoms with Crippen LogP contribution in [0.15, 0.2) is 60.9 Å². The van der Waals surface area contributed by atoms with Crippen LogP contribution in [0.1, 0.15) is 33.3 Å². The maximum Gasteiger partial charge on any atom is 0.274 e. The molecule has 2 aromatic carbocycles. The minimum Gasteiger partial charge on any atom is -0.340 e. The molecule has 0 radical (unpaired) electrons. The zero-order chi connectivity index (χ0) is 19.2. The van der Waals surface area contributed by atoms with Gasteiger partial charge in [-0.3, -0.25) is 9.59 Å². The van der Waals surface area contributed by atoms with Crippen LogP contribution in [0.3, 0.4) is 0 Å². The van der Waals surface area contributed by atoms with Gasteiger partial charge in [-0.15, -0.1) is 0 Å². The van der Waals surface area contributed by atoms with Gasteiger partial charge < -0.3 is 10.6 Å². The highest BCUT2D eigenvalue weighted by molar-refractivity contribution is 6.03. The summed E-state index contributed by atoms with van der Waals surface area (Å²) in [5, 5.41) is 14.7. The number of benzene rings is 2. The van der Waals surface area contributed by atoms with E-state index < -0.39 is 5.91 Å². The number of carbonyl (C=O) groups is 2. The number of amides is 1. The Morgan fingerprint density at radius 3 is 2.48 bits per heavy atom. The molecule has 0 spiro atoms. The average molecular weight is 357 g/mol. The van der Waals surface area contributed by atoms with E-state index in [1.165, 1.54) is 19.3 Å². The van der Waals surface area contributed by atoms with Crippen LogP contribution in [0.4, 0.5) is 17.2 Å². The van der Waals surface area contributed by atoms with Crippen LogP contribution in [0.5, 0.6) is 0 Å². The van der Waals surface area contributed by atoms with Gasteiger partial charge in [-0.2, -0.15) is 5.26 Å². The van der Waals surface area contributed by atoms with E-state index >= 15 is 0 Å². The highest BCUT2D eigenvalue weighted by Crippen LogP contribution is 2.17. The summed E-state index contributed by atoms with van der Waals surface area (Å²) < 4.78 is 0. The predicted molar refractivity (Wildman–Crippen MR) is 101 cm³/mol. The Morgan fingerprint density at radius 2 is 1.78 bits per heavy atom. The Kier molecular flexibility index (Phi) is 5.19. The van der Waals surface area contributed by atoms with Gasteiger partial charge in [0.15, 0.2) is 5.78 Å². The number of hydrogen-bond donors (Lipinski definition) is 2. The SMILES string of the molecule is CC(=O)c1ccc(NC(=O)c2cc(Nc3cccc(C#N)c3)ncn2)cc1. The molecule has 1 amide bonds. The zero-order valence-electron chi connectivity index (χ0n) is 14.4. The molecule has 0 fully saturated rings. The Hall–Kier alpha value is -4.05. The monoisotopic (exact) mass is 357 g/mol. The number of anilines is 3. The van der Waals surface area contributed by atoms with Gasteiger partial charge >= 0.3 is 0 Å². The lowest BCUT2D eigenvalue weighted by atomic mass is 10.1. The zero-order valence-corrected chi connectivity index (χ0v) is 14.4. The molecule has 7 heteroatoms. The standard InChI is InChI=1S/C20H15N5O2/c1-13(26)15-5-7-16(8-6-15)25-20(27)18-10-19(23-12-22-18)24-17-4-2-3-14(9-17)11-21/h2-10,12H,1H3,(H,25,27)(H,22,23,24). The Balaban J connectivity index is 1.73. The first-order chi connectivity index (χ1) is 13.0. The second-order valence-electron chi connectivity index (χ2n) is 5.69. The van der Waals surface area contributed by atoms with Crippen LogP contribution >= 0.6 is 0 Å². The average Bonchev–Trinajstić information content (AvgIpc) is 2.68. The maximum absolute atomic E-state index is 12.4. The third-order valence-corrected chi connectivity index (χ3v) is 3.71. The molecule has 0 saturated heterocycles.